The lowest BCUT2D eigenvalue weighted by Gasteiger charge is -2.27. The first-order chi connectivity index (χ1) is 24.3. The summed E-state index contributed by atoms with van der Waals surface area (Å²) in [5.41, 5.74) is 3.97. The standard InChI is InChI=1S/C38H48N6O4S2/c1-41(2)19-21-43(37(45)31-11-7-23-47-31)25-27-13-15-33(35-29(27)9-5-17-39-35)49-50-34-16-14-28(30-10-6-18-40-36(30)34)26-44(22-20-42(3)4)38(46)32-12-8-24-48-32/h5-6,9-10,13-18,31-32H,7-8,11-12,19-26H2,1-4H3. The normalized spacial score (nSPS) is 17.7. The van der Waals surface area contributed by atoms with E-state index in [4.69, 9.17) is 19.4 Å². The first-order valence-corrected chi connectivity index (χ1v) is 19.6. The minimum atomic E-state index is -0.356. The molecule has 10 nitrogen and oxygen atoms in total. The number of amides is 2. The smallest absolute Gasteiger partial charge is 0.252 e. The third-order valence-corrected chi connectivity index (χ3v) is 11.7. The van der Waals surface area contributed by atoms with Crippen LogP contribution in [0.4, 0.5) is 0 Å². The summed E-state index contributed by atoms with van der Waals surface area (Å²) in [6.45, 7) is 5.11. The van der Waals surface area contributed by atoms with Gasteiger partial charge < -0.3 is 29.1 Å². The Morgan fingerprint density at radius 3 is 1.48 bits per heavy atom. The molecule has 2 saturated heterocycles. The Bertz CT molecular complexity index is 1650. The minimum Gasteiger partial charge on any atom is -0.368 e. The number of hydrogen-bond donors (Lipinski definition) is 0. The summed E-state index contributed by atoms with van der Waals surface area (Å²) in [5.74, 6) is 0.130. The van der Waals surface area contributed by atoms with E-state index in [1.165, 1.54) is 0 Å². The van der Waals surface area contributed by atoms with Gasteiger partial charge in [0, 0.05) is 85.4 Å². The van der Waals surface area contributed by atoms with Crippen LogP contribution in [0, 0.1) is 0 Å². The Morgan fingerprint density at radius 2 is 1.10 bits per heavy atom. The molecule has 0 radical (unpaired) electrons. The Hall–Kier alpha value is -3.26. The number of hydrogen-bond acceptors (Lipinski definition) is 10. The van der Waals surface area contributed by atoms with Crippen LogP contribution in [0.2, 0.25) is 0 Å². The van der Waals surface area contributed by atoms with Crippen molar-refractivity contribution in [3.8, 4) is 0 Å². The molecule has 2 aromatic carbocycles. The number of benzene rings is 2. The molecule has 2 unspecified atom stereocenters. The molecule has 6 rings (SSSR count). The van der Waals surface area contributed by atoms with E-state index < -0.39 is 0 Å². The molecule has 0 aliphatic carbocycles. The number of pyridine rings is 2. The Balaban J connectivity index is 1.22. The average Bonchev–Trinajstić information content (AvgIpc) is 3.87. The van der Waals surface area contributed by atoms with E-state index in [1.54, 1.807) is 21.6 Å². The molecule has 0 bridgehead atoms. The van der Waals surface area contributed by atoms with Gasteiger partial charge in [0.05, 0.1) is 11.0 Å². The van der Waals surface area contributed by atoms with Crippen LogP contribution in [0.3, 0.4) is 0 Å². The second kappa shape index (κ2) is 17.3. The lowest BCUT2D eigenvalue weighted by Crippen LogP contribution is -2.41. The van der Waals surface area contributed by atoms with Crippen molar-refractivity contribution in [2.24, 2.45) is 0 Å². The Kier molecular flexibility index (Phi) is 12.6. The zero-order valence-corrected chi connectivity index (χ0v) is 31.2. The van der Waals surface area contributed by atoms with Crippen LogP contribution in [0.5, 0.6) is 0 Å². The minimum absolute atomic E-state index is 0.0651. The molecule has 2 aromatic heterocycles. The zero-order valence-electron chi connectivity index (χ0n) is 29.5. The molecule has 0 spiro atoms. The molecule has 2 aliphatic heterocycles. The van der Waals surface area contributed by atoms with E-state index in [-0.39, 0.29) is 24.0 Å². The molecule has 2 aliphatic rings. The predicted octanol–water partition coefficient (Wildman–Crippen LogP) is 5.72. The second-order valence-electron chi connectivity index (χ2n) is 13.5. The number of likely N-dealkylation sites (N-methyl/N-ethyl adjacent to an activating group) is 2. The van der Waals surface area contributed by atoms with Crippen LogP contribution in [0.25, 0.3) is 21.8 Å². The van der Waals surface area contributed by atoms with Gasteiger partial charge in [0.1, 0.15) is 12.2 Å². The molecule has 2 fully saturated rings. The molecule has 2 atom stereocenters. The summed E-state index contributed by atoms with van der Waals surface area (Å²) in [6.07, 6.45) is 6.34. The summed E-state index contributed by atoms with van der Waals surface area (Å²) in [6, 6.07) is 16.6. The molecule has 4 heterocycles. The van der Waals surface area contributed by atoms with E-state index >= 15 is 0 Å². The lowest BCUT2D eigenvalue weighted by molar-refractivity contribution is -0.142. The molecule has 0 N–H and O–H groups in total. The number of aromatic nitrogens is 2. The van der Waals surface area contributed by atoms with Crippen LogP contribution >= 0.6 is 21.6 Å². The maximum atomic E-state index is 13.5. The molecule has 0 saturated carbocycles. The van der Waals surface area contributed by atoms with Crippen molar-refractivity contribution in [1.82, 2.24) is 29.6 Å². The summed E-state index contributed by atoms with van der Waals surface area (Å²) >= 11 is 0. The lowest BCUT2D eigenvalue weighted by atomic mass is 10.1. The fourth-order valence-corrected chi connectivity index (χ4v) is 8.71. The summed E-state index contributed by atoms with van der Waals surface area (Å²) in [4.78, 5) is 46.8. The zero-order chi connectivity index (χ0) is 35.0. The summed E-state index contributed by atoms with van der Waals surface area (Å²) in [5, 5.41) is 2.08. The van der Waals surface area contributed by atoms with Crippen molar-refractivity contribution < 1.29 is 19.1 Å². The summed E-state index contributed by atoms with van der Waals surface area (Å²) < 4.78 is 11.6. The van der Waals surface area contributed by atoms with Crippen LogP contribution in [-0.4, -0.2) is 121 Å². The van der Waals surface area contributed by atoms with E-state index in [2.05, 4.69) is 46.2 Å². The van der Waals surface area contributed by atoms with E-state index in [0.717, 1.165) is 81.5 Å². The Morgan fingerprint density at radius 1 is 0.660 bits per heavy atom. The Labute approximate surface area is 303 Å². The first kappa shape index (κ1) is 36.5. The molecule has 2 amide bonds. The van der Waals surface area contributed by atoms with Gasteiger partial charge in [-0.15, -0.1) is 0 Å². The van der Waals surface area contributed by atoms with Crippen molar-refractivity contribution in [2.45, 2.75) is 60.8 Å². The monoisotopic (exact) mass is 716 g/mol. The van der Waals surface area contributed by atoms with E-state index in [9.17, 15) is 9.59 Å². The largest absolute Gasteiger partial charge is 0.368 e. The highest BCUT2D eigenvalue weighted by Crippen LogP contribution is 2.43. The first-order valence-electron chi connectivity index (χ1n) is 17.5. The van der Waals surface area contributed by atoms with Gasteiger partial charge in [-0.25, -0.2) is 0 Å². The highest BCUT2D eigenvalue weighted by atomic mass is 33.1. The van der Waals surface area contributed by atoms with E-state index in [0.29, 0.717) is 39.4 Å². The van der Waals surface area contributed by atoms with Crippen molar-refractivity contribution in [2.75, 3.05) is 67.6 Å². The third-order valence-electron chi connectivity index (χ3n) is 9.26. The van der Waals surface area contributed by atoms with Gasteiger partial charge >= 0.3 is 0 Å². The van der Waals surface area contributed by atoms with Gasteiger partial charge in [-0.2, -0.15) is 0 Å². The number of nitrogens with zero attached hydrogens (tertiary/aromatic N) is 6. The molecule has 4 aromatic rings. The number of ether oxygens (including phenoxy) is 2. The average molecular weight is 717 g/mol. The van der Waals surface area contributed by atoms with Crippen LogP contribution in [0.15, 0.2) is 70.7 Å². The fourth-order valence-electron chi connectivity index (χ4n) is 6.45. The second-order valence-corrected chi connectivity index (χ2v) is 15.8. The van der Waals surface area contributed by atoms with Crippen LogP contribution in [0.1, 0.15) is 36.8 Å². The van der Waals surface area contributed by atoms with Gasteiger partial charge in [-0.3, -0.25) is 19.6 Å². The molecule has 12 heteroatoms. The number of carbonyl (C=O) groups excluding carboxylic acids is 2. The van der Waals surface area contributed by atoms with Gasteiger partial charge in [-0.05, 0) is 89.3 Å². The van der Waals surface area contributed by atoms with Gasteiger partial charge in [0.2, 0.25) is 0 Å². The van der Waals surface area contributed by atoms with Crippen molar-refractivity contribution in [1.29, 1.82) is 0 Å². The number of rotatable bonds is 15. The maximum absolute atomic E-state index is 13.5. The molecular formula is C38H48N6O4S2. The predicted molar refractivity (Wildman–Crippen MR) is 201 cm³/mol. The third kappa shape index (κ3) is 8.96. The topological polar surface area (TPSA) is 91.3 Å². The number of carbonyl (C=O) groups is 2. The van der Waals surface area contributed by atoms with Crippen molar-refractivity contribution >= 4 is 55.2 Å². The van der Waals surface area contributed by atoms with Crippen LogP contribution in [-0.2, 0) is 32.2 Å². The van der Waals surface area contributed by atoms with Gasteiger partial charge in [0.15, 0.2) is 0 Å². The molecular weight excluding hydrogens is 669 g/mol. The van der Waals surface area contributed by atoms with Crippen molar-refractivity contribution in [3.05, 3.63) is 72.1 Å². The number of fused-ring (bicyclic) bond motifs is 2. The van der Waals surface area contributed by atoms with Crippen molar-refractivity contribution in [3.63, 3.8) is 0 Å². The quantitative estimate of drug-likeness (QED) is 0.142. The summed E-state index contributed by atoms with van der Waals surface area (Å²) in [7, 11) is 11.4. The van der Waals surface area contributed by atoms with E-state index in [1.807, 2.05) is 62.5 Å². The molecule has 266 valence electrons. The molecule has 50 heavy (non-hydrogen) atoms. The fraction of sp³-hybridized carbons (Fsp3) is 0.474. The highest BCUT2D eigenvalue weighted by molar-refractivity contribution is 8.76. The van der Waals surface area contributed by atoms with Gasteiger partial charge in [0.25, 0.3) is 11.8 Å². The maximum Gasteiger partial charge on any atom is 0.252 e. The van der Waals surface area contributed by atoms with Gasteiger partial charge in [-0.1, -0.05) is 45.9 Å². The van der Waals surface area contributed by atoms with Crippen LogP contribution < -0.4 is 0 Å². The SMILES string of the molecule is CN(C)CCN(Cc1ccc(SSc2ccc(CN(CCN(C)C)C(=O)C3CCCO3)c3cccnc23)c2ncccc12)C(=O)C1CCCO1. The highest BCUT2D eigenvalue weighted by Gasteiger charge is 2.30.